The first-order valence-corrected chi connectivity index (χ1v) is 4.47. The summed E-state index contributed by atoms with van der Waals surface area (Å²) in [6.07, 6.45) is 1.89. The molecule has 0 fully saturated rings. The maximum atomic E-state index is 8.92. The summed E-state index contributed by atoms with van der Waals surface area (Å²) < 4.78 is 1.02. The first-order chi connectivity index (χ1) is 5.81. The van der Waals surface area contributed by atoms with E-state index in [1.807, 2.05) is 24.4 Å². The molecular weight excluding hydrogens is 218 g/mol. The van der Waals surface area contributed by atoms with Crippen LogP contribution in [0, 0.1) is 0 Å². The van der Waals surface area contributed by atoms with Crippen molar-refractivity contribution >= 4 is 26.8 Å². The van der Waals surface area contributed by atoms with Crippen molar-refractivity contribution in [1.29, 1.82) is 0 Å². The number of aromatic amines is 1. The molecule has 0 amide bonds. The van der Waals surface area contributed by atoms with Crippen LogP contribution < -0.4 is 0 Å². The molecule has 1 heterocycles. The minimum Gasteiger partial charge on any atom is -0.392 e. The SMILES string of the molecule is OCc1cc(Br)c2cc[nH]c2c1. The lowest BCUT2D eigenvalue weighted by molar-refractivity contribution is 0.282. The van der Waals surface area contributed by atoms with Gasteiger partial charge in [0.25, 0.3) is 0 Å². The molecule has 0 atom stereocenters. The zero-order valence-electron chi connectivity index (χ0n) is 6.34. The average Bonchev–Trinajstić information content (AvgIpc) is 2.52. The van der Waals surface area contributed by atoms with E-state index in [-0.39, 0.29) is 6.61 Å². The lowest BCUT2D eigenvalue weighted by atomic mass is 10.2. The maximum absolute atomic E-state index is 8.92. The van der Waals surface area contributed by atoms with Crippen LogP contribution in [0.4, 0.5) is 0 Å². The van der Waals surface area contributed by atoms with Gasteiger partial charge in [0, 0.05) is 21.6 Å². The second-order valence-corrected chi connectivity index (χ2v) is 3.53. The van der Waals surface area contributed by atoms with Crippen molar-refractivity contribution in [1.82, 2.24) is 4.98 Å². The van der Waals surface area contributed by atoms with Crippen LogP contribution in [0.25, 0.3) is 10.9 Å². The number of aliphatic hydroxyl groups excluding tert-OH is 1. The van der Waals surface area contributed by atoms with E-state index in [9.17, 15) is 0 Å². The molecule has 2 nitrogen and oxygen atoms in total. The molecule has 2 rings (SSSR count). The number of benzene rings is 1. The van der Waals surface area contributed by atoms with E-state index < -0.39 is 0 Å². The van der Waals surface area contributed by atoms with Crippen molar-refractivity contribution in [3.8, 4) is 0 Å². The fourth-order valence-corrected chi connectivity index (χ4v) is 1.91. The zero-order valence-corrected chi connectivity index (χ0v) is 7.93. The fourth-order valence-electron chi connectivity index (χ4n) is 1.27. The van der Waals surface area contributed by atoms with Crippen molar-refractivity contribution in [3.05, 3.63) is 34.4 Å². The average molecular weight is 226 g/mol. The van der Waals surface area contributed by atoms with Gasteiger partial charge in [-0.25, -0.2) is 0 Å². The largest absolute Gasteiger partial charge is 0.392 e. The van der Waals surface area contributed by atoms with Crippen LogP contribution in [-0.2, 0) is 6.61 Å². The molecule has 0 unspecified atom stereocenters. The summed E-state index contributed by atoms with van der Waals surface area (Å²) >= 11 is 3.44. The Labute approximate surface area is 78.3 Å². The molecule has 0 spiro atoms. The topological polar surface area (TPSA) is 36.0 Å². The zero-order chi connectivity index (χ0) is 8.55. The summed E-state index contributed by atoms with van der Waals surface area (Å²) in [5, 5.41) is 10.1. The monoisotopic (exact) mass is 225 g/mol. The van der Waals surface area contributed by atoms with Crippen LogP contribution in [0.5, 0.6) is 0 Å². The van der Waals surface area contributed by atoms with E-state index in [4.69, 9.17) is 5.11 Å². The smallest absolute Gasteiger partial charge is 0.0683 e. The van der Waals surface area contributed by atoms with E-state index in [0.29, 0.717) is 0 Å². The molecule has 12 heavy (non-hydrogen) atoms. The number of H-pyrrole nitrogens is 1. The molecule has 3 heteroatoms. The predicted molar refractivity (Wildman–Crippen MR) is 51.9 cm³/mol. The first kappa shape index (κ1) is 7.83. The lowest BCUT2D eigenvalue weighted by Gasteiger charge is -1.98. The summed E-state index contributed by atoms with van der Waals surface area (Å²) in [5.74, 6) is 0. The van der Waals surface area contributed by atoms with Crippen LogP contribution in [0.2, 0.25) is 0 Å². The second-order valence-electron chi connectivity index (χ2n) is 2.67. The van der Waals surface area contributed by atoms with Gasteiger partial charge in [0.2, 0.25) is 0 Å². The Morgan fingerprint density at radius 3 is 3.00 bits per heavy atom. The third-order valence-electron chi connectivity index (χ3n) is 1.86. The van der Waals surface area contributed by atoms with Crippen molar-refractivity contribution in [2.24, 2.45) is 0 Å². The fraction of sp³-hybridized carbons (Fsp3) is 0.111. The summed E-state index contributed by atoms with van der Waals surface area (Å²) in [7, 11) is 0. The number of aromatic nitrogens is 1. The van der Waals surface area contributed by atoms with Crippen molar-refractivity contribution in [2.45, 2.75) is 6.61 Å². The summed E-state index contributed by atoms with van der Waals surface area (Å²) in [4.78, 5) is 3.09. The van der Waals surface area contributed by atoms with Crippen LogP contribution in [0.1, 0.15) is 5.56 Å². The number of halogens is 1. The molecule has 0 bridgehead atoms. The summed E-state index contributed by atoms with van der Waals surface area (Å²) in [5.41, 5.74) is 1.96. The lowest BCUT2D eigenvalue weighted by Crippen LogP contribution is -1.82. The standard InChI is InChI=1S/C9H8BrNO/c10-8-3-6(5-12)4-9-7(8)1-2-11-9/h1-4,11-12H,5H2. The highest BCUT2D eigenvalue weighted by Gasteiger charge is 2.01. The Kier molecular flexibility index (Phi) is 1.90. The quantitative estimate of drug-likeness (QED) is 0.769. The molecule has 62 valence electrons. The Bertz CT molecular complexity index is 408. The predicted octanol–water partition coefficient (Wildman–Crippen LogP) is 2.42. The Hall–Kier alpha value is -0.800. The molecule has 0 aliphatic carbocycles. The van der Waals surface area contributed by atoms with Crippen molar-refractivity contribution in [2.75, 3.05) is 0 Å². The molecule has 0 aliphatic heterocycles. The van der Waals surface area contributed by atoms with Crippen LogP contribution in [0.3, 0.4) is 0 Å². The van der Waals surface area contributed by atoms with E-state index in [0.717, 1.165) is 20.9 Å². The van der Waals surface area contributed by atoms with Crippen molar-refractivity contribution < 1.29 is 5.11 Å². The van der Waals surface area contributed by atoms with Crippen LogP contribution >= 0.6 is 15.9 Å². The third kappa shape index (κ3) is 1.15. The first-order valence-electron chi connectivity index (χ1n) is 3.67. The molecule has 0 radical (unpaired) electrons. The van der Waals surface area contributed by atoms with Gasteiger partial charge >= 0.3 is 0 Å². The summed E-state index contributed by atoms with van der Waals surface area (Å²) in [6, 6.07) is 5.87. The second kappa shape index (κ2) is 2.92. The minimum atomic E-state index is 0.0769. The highest BCUT2D eigenvalue weighted by molar-refractivity contribution is 9.10. The summed E-state index contributed by atoms with van der Waals surface area (Å²) in [6.45, 7) is 0.0769. The normalized spacial score (nSPS) is 10.8. The van der Waals surface area contributed by atoms with E-state index in [1.54, 1.807) is 0 Å². The van der Waals surface area contributed by atoms with E-state index in [1.165, 1.54) is 0 Å². The molecule has 0 saturated heterocycles. The van der Waals surface area contributed by atoms with Gasteiger partial charge in [0.1, 0.15) is 0 Å². The highest BCUT2D eigenvalue weighted by Crippen LogP contribution is 2.24. The number of nitrogens with one attached hydrogen (secondary N) is 1. The number of hydrogen-bond donors (Lipinski definition) is 2. The molecule has 0 saturated carbocycles. The van der Waals surface area contributed by atoms with Gasteiger partial charge in [0.05, 0.1) is 6.61 Å². The highest BCUT2D eigenvalue weighted by atomic mass is 79.9. The van der Waals surface area contributed by atoms with E-state index in [2.05, 4.69) is 20.9 Å². The number of aliphatic hydroxyl groups is 1. The minimum absolute atomic E-state index is 0.0769. The number of fused-ring (bicyclic) bond motifs is 1. The van der Waals surface area contributed by atoms with Gasteiger partial charge in [-0.2, -0.15) is 0 Å². The van der Waals surface area contributed by atoms with Crippen molar-refractivity contribution in [3.63, 3.8) is 0 Å². The van der Waals surface area contributed by atoms with Gasteiger partial charge in [-0.15, -0.1) is 0 Å². The van der Waals surface area contributed by atoms with Gasteiger partial charge < -0.3 is 10.1 Å². The van der Waals surface area contributed by atoms with E-state index >= 15 is 0 Å². The van der Waals surface area contributed by atoms with Crippen LogP contribution in [-0.4, -0.2) is 10.1 Å². The van der Waals surface area contributed by atoms with Gasteiger partial charge in [0.15, 0.2) is 0 Å². The molecular formula is C9H8BrNO. The number of hydrogen-bond acceptors (Lipinski definition) is 1. The number of rotatable bonds is 1. The Balaban J connectivity index is 2.75. The molecule has 1 aromatic carbocycles. The molecule has 2 N–H and O–H groups in total. The molecule has 1 aromatic heterocycles. The van der Waals surface area contributed by atoms with Crippen LogP contribution in [0.15, 0.2) is 28.9 Å². The third-order valence-corrected chi connectivity index (χ3v) is 2.52. The molecule has 2 aromatic rings. The molecule has 0 aliphatic rings. The maximum Gasteiger partial charge on any atom is 0.0683 e. The van der Waals surface area contributed by atoms with Gasteiger partial charge in [-0.3, -0.25) is 0 Å². The van der Waals surface area contributed by atoms with Gasteiger partial charge in [-0.1, -0.05) is 15.9 Å². The van der Waals surface area contributed by atoms with Gasteiger partial charge in [-0.05, 0) is 23.8 Å². The Morgan fingerprint density at radius 2 is 2.25 bits per heavy atom. The Morgan fingerprint density at radius 1 is 1.42 bits per heavy atom.